The minimum atomic E-state index is -1.43. The number of hydrogen-bond acceptors (Lipinski definition) is 6. The van der Waals surface area contributed by atoms with Crippen molar-refractivity contribution < 1.29 is 29.2 Å². The van der Waals surface area contributed by atoms with E-state index < -0.39 is 12.1 Å². The van der Waals surface area contributed by atoms with Gasteiger partial charge in [-0.05, 0) is 25.7 Å². The molecule has 21 heavy (non-hydrogen) atoms. The van der Waals surface area contributed by atoms with Gasteiger partial charge in [0.1, 0.15) is 5.75 Å². The first-order chi connectivity index (χ1) is 10.1. The number of aromatic hydroxyl groups is 1. The summed E-state index contributed by atoms with van der Waals surface area (Å²) in [5, 5.41) is 20.7. The zero-order valence-corrected chi connectivity index (χ0v) is 11.8. The molecular formula is C15H18O6. The van der Waals surface area contributed by atoms with Crippen molar-refractivity contribution in [2.24, 2.45) is 0 Å². The Morgan fingerprint density at radius 1 is 1.14 bits per heavy atom. The van der Waals surface area contributed by atoms with E-state index in [2.05, 4.69) is 4.74 Å². The van der Waals surface area contributed by atoms with Crippen LogP contribution in [-0.4, -0.2) is 36.5 Å². The van der Waals surface area contributed by atoms with E-state index in [0.717, 1.165) is 12.8 Å². The third kappa shape index (κ3) is 2.19. The van der Waals surface area contributed by atoms with E-state index in [-0.39, 0.29) is 5.75 Å². The Labute approximate surface area is 122 Å². The minimum absolute atomic E-state index is 0.0696. The molecule has 6 heteroatoms. The molecule has 6 nitrogen and oxygen atoms in total. The molecule has 1 atom stereocenters. The van der Waals surface area contributed by atoms with Crippen LogP contribution < -0.4 is 9.47 Å². The lowest BCUT2D eigenvalue weighted by atomic mass is 9.89. The average molecular weight is 294 g/mol. The van der Waals surface area contributed by atoms with Gasteiger partial charge in [-0.2, -0.15) is 0 Å². The van der Waals surface area contributed by atoms with E-state index in [1.807, 2.05) is 0 Å². The van der Waals surface area contributed by atoms with Gasteiger partial charge >= 0.3 is 5.97 Å². The molecule has 1 aromatic rings. The fourth-order valence-electron chi connectivity index (χ4n) is 2.97. The number of hydrogen-bond donors (Lipinski definition) is 2. The number of rotatable bonds is 2. The van der Waals surface area contributed by atoms with Gasteiger partial charge in [-0.3, -0.25) is 0 Å². The molecule has 2 aliphatic heterocycles. The summed E-state index contributed by atoms with van der Waals surface area (Å²) < 4.78 is 15.8. The summed E-state index contributed by atoms with van der Waals surface area (Å²) >= 11 is 0. The van der Waals surface area contributed by atoms with Crippen LogP contribution in [0.2, 0.25) is 0 Å². The van der Waals surface area contributed by atoms with Gasteiger partial charge in [0.15, 0.2) is 17.6 Å². The molecule has 0 aromatic heterocycles. The summed E-state index contributed by atoms with van der Waals surface area (Å²) in [7, 11) is 1.22. The monoisotopic (exact) mass is 294 g/mol. The number of phenolic OH excluding ortho intramolecular Hbond substituents is 1. The second-order valence-electron chi connectivity index (χ2n) is 5.21. The van der Waals surface area contributed by atoms with Crippen molar-refractivity contribution in [3.63, 3.8) is 0 Å². The van der Waals surface area contributed by atoms with Crippen LogP contribution in [0.1, 0.15) is 35.6 Å². The molecule has 0 fully saturated rings. The number of benzene rings is 1. The Morgan fingerprint density at radius 2 is 1.76 bits per heavy atom. The fourth-order valence-corrected chi connectivity index (χ4v) is 2.97. The Bertz CT molecular complexity index is 543. The highest BCUT2D eigenvalue weighted by molar-refractivity contribution is 5.80. The zero-order valence-electron chi connectivity index (χ0n) is 11.8. The van der Waals surface area contributed by atoms with Crippen LogP contribution in [0.15, 0.2) is 0 Å². The molecule has 0 bridgehead atoms. The van der Waals surface area contributed by atoms with E-state index in [4.69, 9.17) is 9.47 Å². The van der Waals surface area contributed by atoms with E-state index in [1.54, 1.807) is 0 Å². The van der Waals surface area contributed by atoms with Crippen LogP contribution in [0.25, 0.3) is 0 Å². The minimum Gasteiger partial charge on any atom is -0.504 e. The number of esters is 1. The van der Waals surface area contributed by atoms with Crippen LogP contribution in [0, 0.1) is 0 Å². The van der Waals surface area contributed by atoms with Gasteiger partial charge in [0, 0.05) is 16.7 Å². The summed E-state index contributed by atoms with van der Waals surface area (Å²) in [5.74, 6) is 0.0920. The highest BCUT2D eigenvalue weighted by atomic mass is 16.5. The van der Waals surface area contributed by atoms with E-state index in [1.165, 1.54) is 7.11 Å². The van der Waals surface area contributed by atoms with Crippen LogP contribution in [0.5, 0.6) is 17.2 Å². The Hall–Kier alpha value is -1.95. The first-order valence-electron chi connectivity index (χ1n) is 7.07. The molecular weight excluding hydrogens is 276 g/mol. The molecule has 0 spiro atoms. The first kappa shape index (κ1) is 14.0. The smallest absolute Gasteiger partial charge is 0.339 e. The van der Waals surface area contributed by atoms with E-state index in [9.17, 15) is 15.0 Å². The molecule has 0 saturated carbocycles. The Morgan fingerprint density at radius 3 is 2.43 bits per heavy atom. The molecule has 1 aromatic carbocycles. The predicted octanol–water partition coefficient (Wildman–Crippen LogP) is 1.25. The fraction of sp³-hybridized carbons (Fsp3) is 0.533. The number of phenols is 1. The molecule has 2 heterocycles. The maximum Gasteiger partial charge on any atom is 0.339 e. The zero-order chi connectivity index (χ0) is 15.0. The highest BCUT2D eigenvalue weighted by Gasteiger charge is 2.35. The van der Waals surface area contributed by atoms with Crippen molar-refractivity contribution in [3.05, 3.63) is 16.7 Å². The Kier molecular flexibility index (Phi) is 3.63. The van der Waals surface area contributed by atoms with Crippen molar-refractivity contribution in [1.29, 1.82) is 0 Å². The van der Waals surface area contributed by atoms with Crippen LogP contribution in [0.4, 0.5) is 0 Å². The quantitative estimate of drug-likeness (QED) is 0.798. The number of methoxy groups -OCH3 is 1. The predicted molar refractivity (Wildman–Crippen MR) is 72.7 cm³/mol. The summed E-state index contributed by atoms with van der Waals surface area (Å²) in [6, 6.07) is 0. The Balaban J connectivity index is 2.22. The van der Waals surface area contributed by atoms with Gasteiger partial charge in [-0.25, -0.2) is 4.79 Å². The summed E-state index contributed by atoms with van der Waals surface area (Å²) in [6.07, 6.45) is 1.33. The molecule has 114 valence electrons. The third-order valence-electron chi connectivity index (χ3n) is 3.95. The van der Waals surface area contributed by atoms with Crippen LogP contribution >= 0.6 is 0 Å². The standard InChI is InChI=1S/C15H18O6/c1-19-15(18)12(17)10-8-4-2-7-21-14(8)11(16)9-5-3-6-20-13(9)10/h12,16-17H,2-7H2,1H3. The van der Waals surface area contributed by atoms with Gasteiger partial charge in [0.2, 0.25) is 0 Å². The maximum absolute atomic E-state index is 11.7. The molecule has 2 aliphatic rings. The largest absolute Gasteiger partial charge is 0.504 e. The highest BCUT2D eigenvalue weighted by Crippen LogP contribution is 2.49. The number of carbonyl (C=O) groups excluding carboxylic acids is 1. The molecule has 1 unspecified atom stereocenters. The summed E-state index contributed by atoms with van der Waals surface area (Å²) in [6.45, 7) is 1.00. The molecule has 2 N–H and O–H groups in total. The SMILES string of the molecule is COC(=O)C(O)c1c2c(c(O)c3c1OCCC3)OCCC2. The van der Waals surface area contributed by atoms with E-state index >= 15 is 0 Å². The lowest BCUT2D eigenvalue weighted by Crippen LogP contribution is -2.22. The number of fused-ring (bicyclic) bond motifs is 2. The number of aliphatic hydroxyl groups excluding tert-OH is 1. The van der Waals surface area contributed by atoms with Crippen molar-refractivity contribution in [3.8, 4) is 17.2 Å². The number of ether oxygens (including phenoxy) is 3. The second-order valence-corrected chi connectivity index (χ2v) is 5.21. The molecule has 0 saturated heterocycles. The normalized spacial score (nSPS) is 17.8. The molecule has 0 amide bonds. The van der Waals surface area contributed by atoms with Crippen molar-refractivity contribution in [2.45, 2.75) is 31.8 Å². The van der Waals surface area contributed by atoms with Crippen LogP contribution in [0.3, 0.4) is 0 Å². The van der Waals surface area contributed by atoms with Crippen LogP contribution in [-0.2, 0) is 22.4 Å². The molecule has 3 rings (SSSR count). The topological polar surface area (TPSA) is 85.2 Å². The maximum atomic E-state index is 11.7. The average Bonchev–Trinajstić information content (AvgIpc) is 2.54. The summed E-state index contributed by atoms with van der Waals surface area (Å²) in [5.41, 5.74) is 1.61. The van der Waals surface area contributed by atoms with Crippen molar-refractivity contribution >= 4 is 5.97 Å². The second kappa shape index (κ2) is 5.44. The lowest BCUT2D eigenvalue weighted by molar-refractivity contribution is -0.150. The van der Waals surface area contributed by atoms with Crippen molar-refractivity contribution in [2.75, 3.05) is 20.3 Å². The van der Waals surface area contributed by atoms with Gasteiger partial charge in [0.05, 0.1) is 20.3 Å². The first-order valence-corrected chi connectivity index (χ1v) is 7.07. The third-order valence-corrected chi connectivity index (χ3v) is 3.95. The lowest BCUT2D eigenvalue weighted by Gasteiger charge is -2.29. The van der Waals surface area contributed by atoms with Gasteiger partial charge < -0.3 is 24.4 Å². The number of carbonyl (C=O) groups is 1. The summed E-state index contributed by atoms with van der Waals surface area (Å²) in [4.78, 5) is 11.7. The van der Waals surface area contributed by atoms with Gasteiger partial charge in [-0.1, -0.05) is 0 Å². The van der Waals surface area contributed by atoms with Crippen molar-refractivity contribution in [1.82, 2.24) is 0 Å². The van der Waals surface area contributed by atoms with Gasteiger partial charge in [0.25, 0.3) is 0 Å². The molecule has 0 aliphatic carbocycles. The van der Waals surface area contributed by atoms with E-state index in [0.29, 0.717) is 54.2 Å². The van der Waals surface area contributed by atoms with Gasteiger partial charge in [-0.15, -0.1) is 0 Å². The molecule has 0 radical (unpaired) electrons. The number of aliphatic hydroxyl groups is 1.